The minimum absolute atomic E-state index is 0. The van der Waals surface area contributed by atoms with Crippen molar-refractivity contribution < 1.29 is 61.3 Å². The normalized spacial score (nSPS) is 12.8. The van der Waals surface area contributed by atoms with E-state index in [9.17, 15) is 9.90 Å². The molecule has 90 valence electrons. The summed E-state index contributed by atoms with van der Waals surface area (Å²) in [7, 11) is 0. The Morgan fingerprint density at radius 1 is 1.28 bits per heavy atom. The van der Waals surface area contributed by atoms with Crippen LogP contribution in [0.25, 0.3) is 6.08 Å². The van der Waals surface area contributed by atoms with E-state index in [0.29, 0.717) is 0 Å². The average molecular weight is 269 g/mol. The third-order valence-electron chi connectivity index (χ3n) is 2.29. The van der Waals surface area contributed by atoms with Gasteiger partial charge in [0.2, 0.25) is 0 Å². The SMILES string of the molecule is CC(C)C(N=C/C=C/c1ccccc1)C(=O)[O-].[K+]. The summed E-state index contributed by atoms with van der Waals surface area (Å²) in [5.74, 6) is -1.20. The van der Waals surface area contributed by atoms with Crippen LogP contribution in [0.1, 0.15) is 19.4 Å². The molecule has 0 aliphatic rings. The molecule has 3 nitrogen and oxygen atoms in total. The van der Waals surface area contributed by atoms with Gasteiger partial charge in [-0.1, -0.05) is 50.3 Å². The summed E-state index contributed by atoms with van der Waals surface area (Å²) in [5, 5.41) is 10.8. The molecule has 0 heterocycles. The molecular weight excluding hydrogens is 253 g/mol. The summed E-state index contributed by atoms with van der Waals surface area (Å²) in [5.41, 5.74) is 1.05. The average Bonchev–Trinajstić information content (AvgIpc) is 2.29. The molecule has 1 unspecified atom stereocenters. The summed E-state index contributed by atoms with van der Waals surface area (Å²) < 4.78 is 0. The molecule has 4 heteroatoms. The van der Waals surface area contributed by atoms with E-state index in [1.54, 1.807) is 19.9 Å². The van der Waals surface area contributed by atoms with Gasteiger partial charge in [0.15, 0.2) is 0 Å². The predicted molar refractivity (Wildman–Crippen MR) is 67.6 cm³/mol. The fourth-order valence-corrected chi connectivity index (χ4v) is 1.37. The van der Waals surface area contributed by atoms with Gasteiger partial charge >= 0.3 is 51.4 Å². The molecule has 0 saturated heterocycles. The van der Waals surface area contributed by atoms with Crippen LogP contribution < -0.4 is 56.5 Å². The zero-order valence-electron chi connectivity index (χ0n) is 11.0. The van der Waals surface area contributed by atoms with Crippen LogP contribution in [0.5, 0.6) is 0 Å². The number of hydrogen-bond acceptors (Lipinski definition) is 3. The largest absolute Gasteiger partial charge is 1.00 e. The van der Waals surface area contributed by atoms with Crippen LogP contribution in [-0.4, -0.2) is 18.2 Å². The van der Waals surface area contributed by atoms with E-state index in [1.807, 2.05) is 36.4 Å². The van der Waals surface area contributed by atoms with Crippen LogP contribution in [0.3, 0.4) is 0 Å². The Balaban J connectivity index is 0.00000289. The van der Waals surface area contributed by atoms with Gasteiger partial charge in [0, 0.05) is 6.21 Å². The van der Waals surface area contributed by atoms with Crippen LogP contribution in [0.15, 0.2) is 41.4 Å². The number of carboxylic acid groups (broad SMARTS) is 1. The van der Waals surface area contributed by atoms with E-state index in [0.717, 1.165) is 5.56 Å². The monoisotopic (exact) mass is 269 g/mol. The quantitative estimate of drug-likeness (QED) is 0.485. The molecule has 0 saturated carbocycles. The van der Waals surface area contributed by atoms with Crippen LogP contribution in [0.4, 0.5) is 0 Å². The first-order valence-corrected chi connectivity index (χ1v) is 5.57. The third kappa shape index (κ3) is 6.61. The topological polar surface area (TPSA) is 52.5 Å². The van der Waals surface area contributed by atoms with Crippen LogP contribution in [0.2, 0.25) is 0 Å². The number of carbonyl (C=O) groups excluding carboxylic acids is 1. The van der Waals surface area contributed by atoms with Gasteiger partial charge in [0.25, 0.3) is 0 Å². The summed E-state index contributed by atoms with van der Waals surface area (Å²) in [6.07, 6.45) is 5.11. The van der Waals surface area contributed by atoms with Crippen molar-refractivity contribution >= 4 is 18.3 Å². The molecule has 0 bridgehead atoms. The number of hydrogen-bond donors (Lipinski definition) is 0. The molecule has 1 rings (SSSR count). The van der Waals surface area contributed by atoms with Gasteiger partial charge in [0.1, 0.15) is 0 Å². The number of carbonyl (C=O) groups is 1. The molecule has 0 N–H and O–H groups in total. The summed E-state index contributed by atoms with van der Waals surface area (Å²) in [6.45, 7) is 3.61. The van der Waals surface area contributed by atoms with Crippen molar-refractivity contribution in [2.24, 2.45) is 10.9 Å². The molecule has 0 aliphatic carbocycles. The number of rotatable bonds is 5. The van der Waals surface area contributed by atoms with Crippen molar-refractivity contribution in [3.8, 4) is 0 Å². The molecule has 1 aromatic carbocycles. The molecule has 0 amide bonds. The first kappa shape index (κ1) is 17.7. The van der Waals surface area contributed by atoms with Crippen LogP contribution in [0, 0.1) is 5.92 Å². The second-order valence-electron chi connectivity index (χ2n) is 4.08. The fourth-order valence-electron chi connectivity index (χ4n) is 1.37. The Labute approximate surface area is 150 Å². The second kappa shape index (κ2) is 9.64. The van der Waals surface area contributed by atoms with Crippen molar-refractivity contribution in [1.29, 1.82) is 0 Å². The van der Waals surface area contributed by atoms with Gasteiger partial charge in [-0.3, -0.25) is 4.99 Å². The van der Waals surface area contributed by atoms with Gasteiger partial charge in [-0.05, 0) is 17.6 Å². The zero-order valence-corrected chi connectivity index (χ0v) is 14.2. The molecule has 0 fully saturated rings. The van der Waals surface area contributed by atoms with E-state index in [4.69, 9.17) is 0 Å². The van der Waals surface area contributed by atoms with Gasteiger partial charge in [-0.15, -0.1) is 0 Å². The van der Waals surface area contributed by atoms with Crippen molar-refractivity contribution in [2.45, 2.75) is 19.9 Å². The third-order valence-corrected chi connectivity index (χ3v) is 2.29. The summed E-state index contributed by atoms with van der Waals surface area (Å²) in [4.78, 5) is 14.7. The van der Waals surface area contributed by atoms with Crippen molar-refractivity contribution in [3.05, 3.63) is 42.0 Å². The molecule has 0 radical (unpaired) electrons. The number of aliphatic imine (C=N–C) groups is 1. The summed E-state index contributed by atoms with van der Waals surface area (Å²) in [6, 6.07) is 8.96. The number of carboxylic acids is 1. The molecule has 0 aromatic heterocycles. The Morgan fingerprint density at radius 3 is 2.39 bits per heavy atom. The fraction of sp³-hybridized carbons (Fsp3) is 0.286. The molecule has 1 atom stereocenters. The van der Waals surface area contributed by atoms with Crippen LogP contribution in [-0.2, 0) is 4.79 Å². The Kier molecular flexibility index (Phi) is 9.50. The van der Waals surface area contributed by atoms with Crippen molar-refractivity contribution in [2.75, 3.05) is 0 Å². The number of allylic oxidation sites excluding steroid dienone is 1. The van der Waals surface area contributed by atoms with Gasteiger partial charge in [0.05, 0.1) is 12.0 Å². The van der Waals surface area contributed by atoms with E-state index < -0.39 is 12.0 Å². The minimum Gasteiger partial charge on any atom is -0.548 e. The van der Waals surface area contributed by atoms with Crippen molar-refractivity contribution in [1.82, 2.24) is 0 Å². The Bertz CT molecular complexity index is 413. The van der Waals surface area contributed by atoms with Crippen molar-refractivity contribution in [3.63, 3.8) is 0 Å². The number of benzene rings is 1. The number of nitrogens with zero attached hydrogens (tertiary/aromatic N) is 1. The van der Waals surface area contributed by atoms with Gasteiger partial charge < -0.3 is 9.90 Å². The molecule has 1 aromatic rings. The molecular formula is C14H16KNO2. The van der Waals surface area contributed by atoms with Gasteiger partial charge in [-0.2, -0.15) is 0 Å². The number of aliphatic carboxylic acids is 1. The second-order valence-corrected chi connectivity index (χ2v) is 4.08. The maximum absolute atomic E-state index is 10.8. The Hall–Kier alpha value is -0.264. The molecule has 0 spiro atoms. The maximum atomic E-state index is 10.8. The minimum atomic E-state index is -1.13. The van der Waals surface area contributed by atoms with E-state index in [1.165, 1.54) is 6.21 Å². The first-order valence-electron chi connectivity index (χ1n) is 5.57. The van der Waals surface area contributed by atoms with E-state index in [2.05, 4.69) is 4.99 Å². The Morgan fingerprint density at radius 2 is 1.89 bits per heavy atom. The van der Waals surface area contributed by atoms with Gasteiger partial charge in [-0.25, -0.2) is 0 Å². The molecule has 18 heavy (non-hydrogen) atoms. The van der Waals surface area contributed by atoms with Crippen LogP contribution >= 0.6 is 0 Å². The van der Waals surface area contributed by atoms with E-state index >= 15 is 0 Å². The maximum Gasteiger partial charge on any atom is 1.00 e. The standard InChI is InChI=1S/C14H17NO2.K/c1-11(2)13(14(16)17)15-10-6-9-12-7-4-3-5-8-12;/h3-11,13H,1-2H3,(H,16,17);/q;+1/p-1/b9-6+,15-10?;. The molecule has 0 aliphatic heterocycles. The predicted octanol–water partition coefficient (Wildman–Crippen LogP) is -1.45. The summed E-state index contributed by atoms with van der Waals surface area (Å²) >= 11 is 0. The zero-order chi connectivity index (χ0) is 12.7. The smallest absolute Gasteiger partial charge is 0.548 e. The first-order chi connectivity index (χ1) is 8.11. The van der Waals surface area contributed by atoms with E-state index in [-0.39, 0.29) is 57.3 Å².